The summed E-state index contributed by atoms with van der Waals surface area (Å²) in [5.41, 5.74) is 1.30. The van der Waals surface area contributed by atoms with Crippen molar-refractivity contribution in [3.8, 4) is 0 Å². The second-order valence-corrected chi connectivity index (χ2v) is 10.5. The van der Waals surface area contributed by atoms with E-state index >= 15 is 0 Å². The Morgan fingerprint density at radius 2 is 2.12 bits per heavy atom. The largest absolute Gasteiger partial charge is 0.369 e. The Morgan fingerprint density at radius 1 is 1.35 bits per heavy atom. The number of rotatable bonds is 7. The lowest BCUT2D eigenvalue weighted by Crippen LogP contribution is -3.06. The minimum Gasteiger partial charge on any atom is -0.369 e. The fourth-order valence-corrected chi connectivity index (χ4v) is 4.97. The van der Waals surface area contributed by atoms with Crippen LogP contribution in [0.3, 0.4) is 0 Å². The topological polar surface area (TPSA) is 51.5 Å². The summed E-state index contributed by atoms with van der Waals surface area (Å²) in [5.74, 6) is 0.997. The first kappa shape index (κ1) is 19.9. The van der Waals surface area contributed by atoms with E-state index in [9.17, 15) is 0 Å². The summed E-state index contributed by atoms with van der Waals surface area (Å²) in [6, 6.07) is 0. The van der Waals surface area contributed by atoms with Crippen LogP contribution in [0.25, 0.3) is 10.2 Å². The Hall–Kier alpha value is -0.890. The number of nitrogens with one attached hydrogen (secondary N) is 2. The molecule has 2 aromatic rings. The number of fused-ring (bicyclic) bond motifs is 3. The van der Waals surface area contributed by atoms with Crippen LogP contribution in [-0.4, -0.2) is 48.0 Å². The molecule has 5 nitrogen and oxygen atoms in total. The second kappa shape index (κ2) is 8.00. The smallest absolute Gasteiger partial charge is 0.191 e. The highest BCUT2D eigenvalue weighted by atomic mass is 32.2. The van der Waals surface area contributed by atoms with Crippen molar-refractivity contribution >= 4 is 39.1 Å². The number of nitrogens with zero attached hydrogens (tertiary/aromatic N) is 2. The van der Waals surface area contributed by atoms with Crippen LogP contribution in [0.1, 0.15) is 44.6 Å². The van der Waals surface area contributed by atoms with Crippen molar-refractivity contribution in [2.45, 2.75) is 63.2 Å². The van der Waals surface area contributed by atoms with Crippen molar-refractivity contribution in [2.75, 3.05) is 32.5 Å². The molecule has 0 aromatic carbocycles. The first-order chi connectivity index (χ1) is 12.3. The molecule has 0 radical (unpaired) electrons. The number of thioether (sulfide) groups is 1. The summed E-state index contributed by atoms with van der Waals surface area (Å²) in [6.07, 6.45) is 1.95. The Bertz CT molecular complexity index is 774. The number of anilines is 1. The first-order valence-electron chi connectivity index (χ1n) is 9.47. The molecule has 3 heterocycles. The molecule has 2 aromatic heterocycles. The van der Waals surface area contributed by atoms with E-state index in [1.807, 2.05) is 0 Å². The molecule has 7 heteroatoms. The highest BCUT2D eigenvalue weighted by Gasteiger charge is 2.33. The van der Waals surface area contributed by atoms with Gasteiger partial charge in [0, 0.05) is 16.5 Å². The van der Waals surface area contributed by atoms with E-state index in [-0.39, 0.29) is 5.60 Å². The van der Waals surface area contributed by atoms with Crippen LogP contribution < -0.4 is 10.2 Å². The van der Waals surface area contributed by atoms with Crippen molar-refractivity contribution in [3.63, 3.8) is 0 Å². The van der Waals surface area contributed by atoms with Crippen molar-refractivity contribution in [2.24, 2.45) is 0 Å². The minimum absolute atomic E-state index is 0.0859. The van der Waals surface area contributed by atoms with Gasteiger partial charge in [-0.1, -0.05) is 32.5 Å². The lowest BCUT2D eigenvalue weighted by Gasteiger charge is -2.33. The number of likely N-dealkylation sites (N-methyl/N-ethyl adjacent to an activating group) is 1. The fourth-order valence-electron chi connectivity index (χ4n) is 3.10. The third-order valence-electron chi connectivity index (χ3n) is 4.82. The van der Waals surface area contributed by atoms with Gasteiger partial charge in [0.25, 0.3) is 0 Å². The molecule has 144 valence electrons. The van der Waals surface area contributed by atoms with Gasteiger partial charge in [-0.2, -0.15) is 0 Å². The van der Waals surface area contributed by atoms with Crippen LogP contribution in [0, 0.1) is 0 Å². The van der Waals surface area contributed by atoms with E-state index in [0.29, 0.717) is 11.9 Å². The van der Waals surface area contributed by atoms with Crippen molar-refractivity contribution in [1.82, 2.24) is 9.97 Å². The van der Waals surface area contributed by atoms with E-state index in [2.05, 4.69) is 47.1 Å². The number of quaternary nitrogens is 1. The first-order valence-corrected chi connectivity index (χ1v) is 11.2. The molecule has 1 aliphatic heterocycles. The molecule has 0 saturated heterocycles. The highest BCUT2D eigenvalue weighted by Crippen LogP contribution is 2.42. The summed E-state index contributed by atoms with van der Waals surface area (Å²) in [6.45, 7) is 11.4. The lowest BCUT2D eigenvalue weighted by molar-refractivity contribution is -0.856. The van der Waals surface area contributed by atoms with Crippen LogP contribution in [0.15, 0.2) is 5.16 Å². The third kappa shape index (κ3) is 4.32. The average molecular weight is 396 g/mol. The van der Waals surface area contributed by atoms with Crippen LogP contribution in [0.4, 0.5) is 5.82 Å². The highest BCUT2D eigenvalue weighted by molar-refractivity contribution is 7.99. The van der Waals surface area contributed by atoms with Gasteiger partial charge in [0.2, 0.25) is 0 Å². The van der Waals surface area contributed by atoms with E-state index in [1.165, 1.54) is 20.7 Å². The maximum Gasteiger partial charge on any atom is 0.191 e. The zero-order valence-corrected chi connectivity index (χ0v) is 18.4. The van der Waals surface area contributed by atoms with Crippen LogP contribution in [-0.2, 0) is 17.8 Å². The molecule has 1 aliphatic rings. The number of hydrogen-bond acceptors (Lipinski definition) is 6. The molecular weight excluding hydrogens is 364 g/mol. The fraction of sp³-hybridized carbons (Fsp3) is 0.684. The molecular formula is C19H31N4OS2+. The Kier molecular flexibility index (Phi) is 6.11. The molecule has 0 saturated carbocycles. The minimum atomic E-state index is -0.0859. The maximum atomic E-state index is 6.15. The predicted molar refractivity (Wildman–Crippen MR) is 112 cm³/mol. The van der Waals surface area contributed by atoms with E-state index in [1.54, 1.807) is 23.1 Å². The lowest BCUT2D eigenvalue weighted by atomic mass is 9.90. The number of ether oxygens (including phenoxy) is 1. The SMILES string of the molecule is CC[C@@]1(C)Cc2c(sc3nc(SC(C)C)nc(NCC[NH+](C)C)c23)CO1. The normalized spacial score (nSPS) is 20.2. The molecule has 2 N–H and O–H groups in total. The van der Waals surface area contributed by atoms with Gasteiger partial charge in [0.05, 0.1) is 44.8 Å². The summed E-state index contributed by atoms with van der Waals surface area (Å²) in [7, 11) is 4.35. The van der Waals surface area contributed by atoms with Gasteiger partial charge >= 0.3 is 0 Å². The van der Waals surface area contributed by atoms with Gasteiger partial charge in [0.15, 0.2) is 5.16 Å². The average Bonchev–Trinajstić information content (AvgIpc) is 2.91. The molecule has 1 atom stereocenters. The molecule has 3 rings (SSSR count). The van der Waals surface area contributed by atoms with E-state index in [0.717, 1.165) is 41.7 Å². The van der Waals surface area contributed by atoms with Gasteiger partial charge in [-0.3, -0.25) is 0 Å². The molecule has 0 unspecified atom stereocenters. The number of hydrogen-bond donors (Lipinski definition) is 2. The van der Waals surface area contributed by atoms with Gasteiger partial charge < -0.3 is 15.0 Å². The second-order valence-electron chi connectivity index (χ2n) is 7.86. The summed E-state index contributed by atoms with van der Waals surface area (Å²) >= 11 is 3.50. The van der Waals surface area contributed by atoms with Gasteiger partial charge in [-0.25, -0.2) is 9.97 Å². The van der Waals surface area contributed by atoms with Crippen molar-refractivity contribution < 1.29 is 9.64 Å². The molecule has 0 aliphatic carbocycles. The summed E-state index contributed by atoms with van der Waals surface area (Å²) in [4.78, 5) is 13.6. The van der Waals surface area contributed by atoms with Crippen LogP contribution >= 0.6 is 23.1 Å². The van der Waals surface area contributed by atoms with E-state index < -0.39 is 0 Å². The number of thiophene rings is 1. The maximum absolute atomic E-state index is 6.15. The zero-order chi connectivity index (χ0) is 18.9. The quantitative estimate of drug-likeness (QED) is 0.558. The van der Waals surface area contributed by atoms with E-state index in [4.69, 9.17) is 14.7 Å². The molecule has 0 amide bonds. The Labute approximate surface area is 164 Å². The molecule has 0 fully saturated rings. The van der Waals surface area contributed by atoms with Crippen molar-refractivity contribution in [1.29, 1.82) is 0 Å². The van der Waals surface area contributed by atoms with Crippen molar-refractivity contribution in [3.05, 3.63) is 10.4 Å². The Balaban J connectivity index is 2.03. The number of aromatic nitrogens is 2. The summed E-state index contributed by atoms with van der Waals surface area (Å²) in [5, 5.41) is 6.14. The van der Waals surface area contributed by atoms with Crippen LogP contribution in [0.2, 0.25) is 0 Å². The zero-order valence-electron chi connectivity index (χ0n) is 16.7. The molecule has 0 spiro atoms. The third-order valence-corrected chi connectivity index (χ3v) is 6.79. The Morgan fingerprint density at radius 3 is 2.77 bits per heavy atom. The predicted octanol–water partition coefficient (Wildman–Crippen LogP) is 2.99. The summed E-state index contributed by atoms with van der Waals surface area (Å²) < 4.78 is 6.15. The molecule has 0 bridgehead atoms. The monoisotopic (exact) mass is 395 g/mol. The molecule has 26 heavy (non-hydrogen) atoms. The van der Waals surface area contributed by atoms with Crippen LogP contribution in [0.5, 0.6) is 0 Å². The standard InChI is InChI=1S/C19H30N4OS2/c1-7-19(4)10-13-14(11-24-19)26-17-15(13)16(20-8-9-23(5)6)21-18(22-17)25-12(2)3/h12H,7-11H2,1-6H3,(H,20,21,22)/p+1/t19-/m0/s1. The van der Waals surface area contributed by atoms with Gasteiger partial charge in [-0.15, -0.1) is 11.3 Å². The van der Waals surface area contributed by atoms with Gasteiger partial charge in [0.1, 0.15) is 10.6 Å². The van der Waals surface area contributed by atoms with Gasteiger partial charge in [-0.05, 0) is 18.9 Å².